The van der Waals surface area contributed by atoms with E-state index in [2.05, 4.69) is 169 Å². The van der Waals surface area contributed by atoms with Gasteiger partial charge in [-0.3, -0.25) is 9.47 Å². The van der Waals surface area contributed by atoms with Crippen LogP contribution in [0.15, 0.2) is 170 Å². The molecule has 5 aromatic heterocycles. The lowest BCUT2D eigenvalue weighted by molar-refractivity contribution is 0.632. The Balaban J connectivity index is 1.11. The van der Waals surface area contributed by atoms with Crippen molar-refractivity contribution in [2.24, 2.45) is 0 Å². The summed E-state index contributed by atoms with van der Waals surface area (Å²) < 4.78 is 2.16. The zero-order chi connectivity index (χ0) is 41.8. The van der Waals surface area contributed by atoms with E-state index >= 15 is 0 Å². The lowest BCUT2D eigenvalue weighted by atomic mass is 9.73. The molecule has 0 spiro atoms. The Bertz CT molecular complexity index is 3860. The average molecular weight is 811 g/mol. The van der Waals surface area contributed by atoms with Crippen molar-refractivity contribution in [2.75, 3.05) is 4.90 Å². The molecule has 0 amide bonds. The maximum absolute atomic E-state index is 5.46. The zero-order valence-corrected chi connectivity index (χ0v) is 34.1. The van der Waals surface area contributed by atoms with Crippen LogP contribution in [-0.4, -0.2) is 44.4 Å². The monoisotopic (exact) mass is 810 g/mol. The van der Waals surface area contributed by atoms with Crippen LogP contribution in [0.4, 0.5) is 17.3 Å². The molecule has 13 rings (SSSR count). The molecule has 1 aliphatic heterocycles. The van der Waals surface area contributed by atoms with E-state index in [0.717, 1.165) is 77.0 Å². The van der Waals surface area contributed by atoms with Crippen molar-refractivity contribution >= 4 is 83.0 Å². The topological polar surface area (TPSA) is 111 Å². The highest BCUT2D eigenvalue weighted by Crippen LogP contribution is 2.53. The molecule has 0 saturated heterocycles. The minimum atomic E-state index is -0.397. The first kappa shape index (κ1) is 35.3. The fourth-order valence-corrected chi connectivity index (χ4v) is 9.74. The molecule has 0 unspecified atom stereocenters. The number of hydrogen-bond acceptors (Lipinski definition) is 9. The van der Waals surface area contributed by atoms with Gasteiger partial charge in [0.2, 0.25) is 11.9 Å². The Morgan fingerprint density at radius 3 is 1.63 bits per heavy atom. The molecule has 0 fully saturated rings. The highest BCUT2D eigenvalue weighted by molar-refractivity contribution is 6.12. The van der Waals surface area contributed by atoms with Gasteiger partial charge in [-0.05, 0) is 56.9 Å². The number of rotatable bonds is 4. The minimum Gasteiger partial charge on any atom is -0.278 e. The molecule has 1 aliphatic rings. The maximum Gasteiger partial charge on any atom is 0.237 e. The smallest absolute Gasteiger partial charge is 0.237 e. The highest BCUT2D eigenvalue weighted by Gasteiger charge is 2.39. The summed E-state index contributed by atoms with van der Waals surface area (Å²) in [5, 5.41) is 6.54. The molecule has 12 aromatic rings. The second-order valence-corrected chi connectivity index (χ2v) is 16.5. The van der Waals surface area contributed by atoms with E-state index in [1.807, 2.05) is 0 Å². The Morgan fingerprint density at radius 2 is 0.952 bits per heavy atom. The summed E-state index contributed by atoms with van der Waals surface area (Å²) in [6.07, 6.45) is 6.78. The number of anilines is 3. The van der Waals surface area contributed by atoms with Crippen LogP contribution < -0.4 is 4.90 Å². The van der Waals surface area contributed by atoms with Crippen LogP contribution in [0.3, 0.4) is 0 Å². The molecule has 0 atom stereocenters. The predicted octanol–water partition coefficient (Wildman–Crippen LogP) is 12.0. The van der Waals surface area contributed by atoms with E-state index in [9.17, 15) is 0 Å². The third-order valence-electron chi connectivity index (χ3n) is 12.7. The Kier molecular flexibility index (Phi) is 7.42. The van der Waals surface area contributed by atoms with Crippen molar-refractivity contribution in [3.8, 4) is 28.5 Å². The number of para-hydroxylation sites is 2. The van der Waals surface area contributed by atoms with E-state index in [1.165, 1.54) is 0 Å². The summed E-state index contributed by atoms with van der Waals surface area (Å²) in [4.78, 5) is 42.6. The first-order chi connectivity index (χ1) is 31.0. The zero-order valence-electron chi connectivity index (χ0n) is 34.1. The van der Waals surface area contributed by atoms with E-state index in [4.69, 9.17) is 39.9 Å². The van der Waals surface area contributed by atoms with Crippen molar-refractivity contribution < 1.29 is 0 Å². The van der Waals surface area contributed by atoms with Gasteiger partial charge in [-0.2, -0.15) is 9.97 Å². The third-order valence-corrected chi connectivity index (χ3v) is 12.7. The van der Waals surface area contributed by atoms with Crippen LogP contribution in [0.1, 0.15) is 25.0 Å². The number of hydrogen-bond donors (Lipinski definition) is 0. The molecule has 6 heterocycles. The van der Waals surface area contributed by atoms with Crippen LogP contribution in [0.5, 0.6) is 0 Å². The van der Waals surface area contributed by atoms with Crippen molar-refractivity contribution in [3.63, 3.8) is 0 Å². The SMILES string of the molecule is CC1(C)c2ccccc2N(c2nc(-c3cccc4ccccc34)c3nccnc3n2)c2cc3c(cc21)c1ccccc1n3-c1nc(-c2cccc3ccccc23)c2nccnc2n1. The first-order valence-corrected chi connectivity index (χ1v) is 20.9. The Labute approximate surface area is 360 Å². The predicted molar refractivity (Wildman–Crippen MR) is 251 cm³/mol. The molecule has 0 saturated carbocycles. The van der Waals surface area contributed by atoms with Gasteiger partial charge in [-0.25, -0.2) is 29.9 Å². The number of fused-ring (bicyclic) bond motifs is 9. The first-order valence-electron chi connectivity index (χ1n) is 20.9. The van der Waals surface area contributed by atoms with E-state index < -0.39 is 5.41 Å². The van der Waals surface area contributed by atoms with Gasteiger partial charge in [0.15, 0.2) is 11.3 Å². The minimum absolute atomic E-state index is 0.397. The summed E-state index contributed by atoms with van der Waals surface area (Å²) >= 11 is 0. The van der Waals surface area contributed by atoms with Crippen molar-refractivity contribution in [3.05, 3.63) is 182 Å². The summed E-state index contributed by atoms with van der Waals surface area (Å²) in [6, 6.07) is 50.9. The standard InChI is InChI=1S/C53H34N10/c1-53(2)39-22-8-10-24-42(39)63(52-59-46(48-50(61-52)57-28-26-55-48)37-21-12-16-32-14-4-6-18-34(32)37)44-30-43-38(29-40(44)53)35-19-7-9-23-41(35)62(43)51-58-45(47-49(60-51)56-27-25-54-47)36-20-11-15-31-13-3-5-17-33(31)36/h3-30H,1-2H3. The number of aromatic nitrogens is 9. The van der Waals surface area contributed by atoms with Crippen LogP contribution in [0, 0.1) is 0 Å². The molecule has 7 aromatic carbocycles. The van der Waals surface area contributed by atoms with Gasteiger partial charge in [0.1, 0.15) is 22.4 Å². The van der Waals surface area contributed by atoms with E-state index in [-0.39, 0.29) is 0 Å². The molecule has 10 nitrogen and oxygen atoms in total. The van der Waals surface area contributed by atoms with E-state index in [1.54, 1.807) is 24.8 Å². The van der Waals surface area contributed by atoms with Gasteiger partial charge in [0.25, 0.3) is 0 Å². The second-order valence-electron chi connectivity index (χ2n) is 16.5. The largest absolute Gasteiger partial charge is 0.278 e. The molecule has 0 N–H and O–H groups in total. The highest BCUT2D eigenvalue weighted by atomic mass is 15.3. The summed E-state index contributed by atoms with van der Waals surface area (Å²) in [5.41, 5.74) is 11.4. The maximum atomic E-state index is 5.46. The van der Waals surface area contributed by atoms with E-state index in [0.29, 0.717) is 45.6 Å². The van der Waals surface area contributed by atoms with Gasteiger partial charge in [-0.15, -0.1) is 0 Å². The quantitative estimate of drug-likeness (QED) is 0.171. The summed E-state index contributed by atoms with van der Waals surface area (Å²) in [6.45, 7) is 4.59. The molecule has 0 bridgehead atoms. The third kappa shape index (κ3) is 5.18. The van der Waals surface area contributed by atoms with Crippen molar-refractivity contribution in [2.45, 2.75) is 19.3 Å². The number of benzene rings is 7. The lowest BCUT2D eigenvalue weighted by Crippen LogP contribution is -2.31. The van der Waals surface area contributed by atoms with Crippen LogP contribution in [-0.2, 0) is 5.41 Å². The average Bonchev–Trinajstić information content (AvgIpc) is 3.66. The van der Waals surface area contributed by atoms with Crippen molar-refractivity contribution in [1.29, 1.82) is 0 Å². The molecule has 10 heteroatoms. The Morgan fingerprint density at radius 1 is 0.413 bits per heavy atom. The van der Waals surface area contributed by atoms with Gasteiger partial charge < -0.3 is 0 Å². The van der Waals surface area contributed by atoms with Gasteiger partial charge >= 0.3 is 0 Å². The fourth-order valence-electron chi connectivity index (χ4n) is 9.74. The van der Waals surface area contributed by atoms with Gasteiger partial charge in [0, 0.05) is 52.1 Å². The normalized spacial score (nSPS) is 13.3. The van der Waals surface area contributed by atoms with Crippen LogP contribution >= 0.6 is 0 Å². The molecular weight excluding hydrogens is 777 g/mol. The van der Waals surface area contributed by atoms with Crippen molar-refractivity contribution in [1.82, 2.24) is 44.4 Å². The summed E-state index contributed by atoms with van der Waals surface area (Å²) in [5.74, 6) is 0.988. The number of nitrogens with zero attached hydrogens (tertiary/aromatic N) is 10. The van der Waals surface area contributed by atoms with Crippen LogP contribution in [0.25, 0.3) is 94.1 Å². The molecule has 0 radical (unpaired) electrons. The lowest BCUT2D eigenvalue weighted by Gasteiger charge is -2.41. The molecule has 0 aliphatic carbocycles. The van der Waals surface area contributed by atoms with Gasteiger partial charge in [0.05, 0.1) is 22.4 Å². The summed E-state index contributed by atoms with van der Waals surface area (Å²) in [7, 11) is 0. The van der Waals surface area contributed by atoms with Crippen LogP contribution in [0.2, 0.25) is 0 Å². The molecule has 296 valence electrons. The second kappa shape index (κ2) is 13.2. The molecule has 63 heavy (non-hydrogen) atoms. The molecular formula is C53H34N10. The Hall–Kier alpha value is -8.50. The fraction of sp³-hybridized carbons (Fsp3) is 0.0566. The van der Waals surface area contributed by atoms with Gasteiger partial charge in [-0.1, -0.05) is 135 Å².